The summed E-state index contributed by atoms with van der Waals surface area (Å²) in [6, 6.07) is 9.98. The van der Waals surface area contributed by atoms with Crippen LogP contribution in [0.4, 0.5) is 0 Å². The molecule has 0 aliphatic heterocycles. The molecule has 4 rings (SSSR count). The van der Waals surface area contributed by atoms with E-state index in [0.29, 0.717) is 43.9 Å². The number of nitrogens with zero attached hydrogens (tertiary/aromatic N) is 3. The third-order valence-corrected chi connectivity index (χ3v) is 4.28. The highest BCUT2D eigenvalue weighted by Crippen LogP contribution is 2.29. The topological polar surface area (TPSA) is 70.2 Å². The maximum absolute atomic E-state index is 12.3. The summed E-state index contributed by atoms with van der Waals surface area (Å²) in [7, 11) is 1.85. The molecule has 2 aromatic heterocycles. The van der Waals surface area contributed by atoms with Gasteiger partial charge in [0.15, 0.2) is 5.58 Å². The fourth-order valence-electron chi connectivity index (χ4n) is 2.62. The molecule has 0 saturated heterocycles. The van der Waals surface area contributed by atoms with Crippen LogP contribution in [-0.2, 0) is 18.4 Å². The second-order valence-corrected chi connectivity index (χ2v) is 6.84. The maximum Gasteiger partial charge on any atom is 0.338 e. The molecule has 2 heterocycles. The smallest absolute Gasteiger partial charge is 0.338 e. The molecule has 0 saturated carbocycles. The van der Waals surface area contributed by atoms with Crippen molar-refractivity contribution in [3.05, 3.63) is 70.2 Å². The fraction of sp³-hybridized carbons (Fsp3) is 0.105. The van der Waals surface area contributed by atoms with E-state index in [4.69, 9.17) is 32.4 Å². The number of imidazole rings is 1. The molecule has 0 aliphatic rings. The molecule has 0 unspecified atom stereocenters. The van der Waals surface area contributed by atoms with Crippen molar-refractivity contribution >= 4 is 40.3 Å². The van der Waals surface area contributed by atoms with Crippen LogP contribution in [0.25, 0.3) is 22.6 Å². The Balaban J connectivity index is 1.57. The third kappa shape index (κ3) is 3.82. The number of esters is 1. The lowest BCUT2D eigenvalue weighted by Crippen LogP contribution is -2.05. The zero-order chi connectivity index (χ0) is 19.0. The van der Waals surface area contributed by atoms with Crippen molar-refractivity contribution in [1.82, 2.24) is 14.5 Å². The van der Waals surface area contributed by atoms with Gasteiger partial charge >= 0.3 is 5.97 Å². The normalized spacial score (nSPS) is 11.1. The molecular weight excluding hydrogens is 389 g/mol. The summed E-state index contributed by atoms with van der Waals surface area (Å²) in [5, 5.41) is 0.970. The zero-order valence-electron chi connectivity index (χ0n) is 14.1. The van der Waals surface area contributed by atoms with E-state index in [1.54, 1.807) is 53.5 Å². The Hall–Kier alpha value is -2.83. The molecule has 136 valence electrons. The molecule has 0 N–H and O–H groups in total. The molecule has 0 fully saturated rings. The van der Waals surface area contributed by atoms with Gasteiger partial charge in [0, 0.05) is 28.9 Å². The standard InChI is InChI=1S/C19H13Cl2N3O3/c1-24-8-15(22-10-24)9-26-19(25)11-2-3-16-17(6-11)27-18(23-16)12-4-13(20)7-14(21)5-12/h2-8,10H,9H2,1H3. The number of hydrogen-bond acceptors (Lipinski definition) is 5. The SMILES string of the molecule is Cn1cnc(COC(=O)c2ccc3nc(-c4cc(Cl)cc(Cl)c4)oc3c2)c1. The van der Waals surface area contributed by atoms with Crippen molar-refractivity contribution in [1.29, 1.82) is 0 Å². The minimum atomic E-state index is -0.466. The van der Waals surface area contributed by atoms with Gasteiger partial charge in [-0.1, -0.05) is 23.2 Å². The predicted octanol–water partition coefficient (Wildman–Crippen LogP) is 4.89. The first-order valence-electron chi connectivity index (χ1n) is 7.99. The number of rotatable bonds is 4. The number of halogens is 2. The monoisotopic (exact) mass is 401 g/mol. The summed E-state index contributed by atoms with van der Waals surface area (Å²) < 4.78 is 12.8. The summed E-state index contributed by atoms with van der Waals surface area (Å²) in [5.74, 6) is -0.0975. The van der Waals surface area contributed by atoms with Crippen LogP contribution in [0.15, 0.2) is 53.3 Å². The number of aromatic nitrogens is 3. The van der Waals surface area contributed by atoms with E-state index in [0.717, 1.165) is 0 Å². The van der Waals surface area contributed by atoms with Gasteiger partial charge in [-0.2, -0.15) is 0 Å². The lowest BCUT2D eigenvalue weighted by molar-refractivity contribution is 0.0468. The Bertz CT molecular complexity index is 1130. The van der Waals surface area contributed by atoms with Gasteiger partial charge in [-0.05, 0) is 36.4 Å². The number of ether oxygens (including phenoxy) is 1. The summed E-state index contributed by atoms with van der Waals surface area (Å²) in [5.41, 5.74) is 2.77. The molecule has 6 nitrogen and oxygen atoms in total. The zero-order valence-corrected chi connectivity index (χ0v) is 15.7. The number of fused-ring (bicyclic) bond motifs is 1. The van der Waals surface area contributed by atoms with Gasteiger partial charge in [-0.3, -0.25) is 0 Å². The molecule has 0 amide bonds. The second kappa shape index (κ2) is 7.06. The van der Waals surface area contributed by atoms with E-state index in [-0.39, 0.29) is 6.61 Å². The van der Waals surface area contributed by atoms with Gasteiger partial charge in [0.2, 0.25) is 5.89 Å². The molecule has 2 aromatic carbocycles. The van der Waals surface area contributed by atoms with Gasteiger partial charge < -0.3 is 13.7 Å². The summed E-state index contributed by atoms with van der Waals surface area (Å²) in [4.78, 5) is 20.8. The third-order valence-electron chi connectivity index (χ3n) is 3.84. The number of carbonyl (C=O) groups is 1. The quantitative estimate of drug-likeness (QED) is 0.455. The number of oxazole rings is 1. The van der Waals surface area contributed by atoms with Crippen LogP contribution >= 0.6 is 23.2 Å². The highest BCUT2D eigenvalue weighted by atomic mass is 35.5. The predicted molar refractivity (Wildman–Crippen MR) is 102 cm³/mol. The number of benzene rings is 2. The van der Waals surface area contributed by atoms with Crippen LogP contribution in [0.2, 0.25) is 10.0 Å². The van der Waals surface area contributed by atoms with Crippen LogP contribution in [0.5, 0.6) is 0 Å². The summed E-state index contributed by atoms with van der Waals surface area (Å²) in [6.07, 6.45) is 3.43. The first-order valence-corrected chi connectivity index (χ1v) is 8.74. The first-order chi connectivity index (χ1) is 13.0. The lowest BCUT2D eigenvalue weighted by atomic mass is 10.2. The Morgan fingerprint density at radius 1 is 1.19 bits per heavy atom. The van der Waals surface area contributed by atoms with E-state index in [1.165, 1.54) is 0 Å². The fourth-order valence-corrected chi connectivity index (χ4v) is 3.14. The Morgan fingerprint density at radius 2 is 1.96 bits per heavy atom. The van der Waals surface area contributed by atoms with Crippen molar-refractivity contribution in [2.75, 3.05) is 0 Å². The van der Waals surface area contributed by atoms with E-state index in [1.807, 2.05) is 7.05 Å². The van der Waals surface area contributed by atoms with E-state index in [2.05, 4.69) is 9.97 Å². The maximum atomic E-state index is 12.3. The van der Waals surface area contributed by atoms with Gasteiger partial charge in [0.05, 0.1) is 17.6 Å². The minimum Gasteiger partial charge on any atom is -0.456 e. The van der Waals surface area contributed by atoms with Crippen molar-refractivity contribution < 1.29 is 13.9 Å². The van der Waals surface area contributed by atoms with Crippen molar-refractivity contribution in [3.63, 3.8) is 0 Å². The summed E-state index contributed by atoms with van der Waals surface area (Å²) >= 11 is 12.1. The van der Waals surface area contributed by atoms with Gasteiger partial charge in [0.1, 0.15) is 12.1 Å². The van der Waals surface area contributed by atoms with Crippen LogP contribution in [-0.4, -0.2) is 20.5 Å². The van der Waals surface area contributed by atoms with E-state index in [9.17, 15) is 4.79 Å². The molecular formula is C19H13Cl2N3O3. The van der Waals surface area contributed by atoms with Gasteiger partial charge in [-0.25, -0.2) is 14.8 Å². The lowest BCUT2D eigenvalue weighted by Gasteiger charge is -2.02. The Kier molecular flexibility index (Phi) is 4.59. The molecule has 0 aliphatic carbocycles. The van der Waals surface area contributed by atoms with E-state index < -0.39 is 5.97 Å². The van der Waals surface area contributed by atoms with Gasteiger partial charge in [-0.15, -0.1) is 0 Å². The average Bonchev–Trinajstić information content (AvgIpc) is 3.24. The van der Waals surface area contributed by atoms with Crippen LogP contribution in [0, 0.1) is 0 Å². The number of carbonyl (C=O) groups excluding carboxylic acids is 1. The molecule has 0 spiro atoms. The highest BCUT2D eigenvalue weighted by molar-refractivity contribution is 6.35. The molecule has 0 radical (unpaired) electrons. The first kappa shape index (κ1) is 17.6. The highest BCUT2D eigenvalue weighted by Gasteiger charge is 2.14. The molecule has 0 atom stereocenters. The Morgan fingerprint density at radius 3 is 2.67 bits per heavy atom. The van der Waals surface area contributed by atoms with Crippen molar-refractivity contribution in [3.8, 4) is 11.5 Å². The van der Waals surface area contributed by atoms with Crippen LogP contribution in [0.1, 0.15) is 16.1 Å². The molecule has 0 bridgehead atoms. The number of aryl methyl sites for hydroxylation is 1. The largest absolute Gasteiger partial charge is 0.456 e. The molecule has 27 heavy (non-hydrogen) atoms. The second-order valence-electron chi connectivity index (χ2n) is 5.97. The van der Waals surface area contributed by atoms with Crippen LogP contribution in [0.3, 0.4) is 0 Å². The summed E-state index contributed by atoms with van der Waals surface area (Å²) in [6.45, 7) is 0.0976. The van der Waals surface area contributed by atoms with Gasteiger partial charge in [0.25, 0.3) is 0 Å². The van der Waals surface area contributed by atoms with Crippen LogP contribution < -0.4 is 0 Å². The minimum absolute atomic E-state index is 0.0976. The Labute approximate surface area is 164 Å². The number of hydrogen-bond donors (Lipinski definition) is 0. The average molecular weight is 402 g/mol. The van der Waals surface area contributed by atoms with Crippen molar-refractivity contribution in [2.45, 2.75) is 6.61 Å². The molecule has 4 aromatic rings. The molecule has 8 heteroatoms. The van der Waals surface area contributed by atoms with E-state index >= 15 is 0 Å². The van der Waals surface area contributed by atoms with Crippen molar-refractivity contribution in [2.24, 2.45) is 7.05 Å².